The molecule has 1 heterocycles. The summed E-state index contributed by atoms with van der Waals surface area (Å²) in [5.74, 6) is 0.755. The van der Waals surface area contributed by atoms with Crippen molar-refractivity contribution in [1.29, 1.82) is 0 Å². The predicted molar refractivity (Wildman–Crippen MR) is 74.0 cm³/mol. The first-order valence-corrected chi connectivity index (χ1v) is 8.34. The second-order valence-electron chi connectivity index (χ2n) is 4.87. The van der Waals surface area contributed by atoms with Crippen LogP contribution in [0.15, 0.2) is 17.1 Å². The van der Waals surface area contributed by atoms with E-state index in [2.05, 4.69) is 10.4 Å². The fourth-order valence-electron chi connectivity index (χ4n) is 1.65. The van der Waals surface area contributed by atoms with Gasteiger partial charge >= 0.3 is 0 Å². The molecule has 0 aliphatic heterocycles. The normalized spacial score (nSPS) is 15.4. The molecule has 1 aliphatic carbocycles. The second kappa shape index (κ2) is 5.73. The molecule has 106 valence electrons. The maximum Gasteiger partial charge on any atom is 0.268 e. The maximum absolute atomic E-state index is 11.8. The molecular weight excluding hydrogens is 266 g/mol. The summed E-state index contributed by atoms with van der Waals surface area (Å²) in [6.07, 6.45) is 4.06. The molecule has 1 aliphatic rings. The van der Waals surface area contributed by atoms with E-state index >= 15 is 0 Å². The third-order valence-electron chi connectivity index (χ3n) is 3.22. The van der Waals surface area contributed by atoms with E-state index in [4.69, 9.17) is 0 Å². The number of sulfone groups is 1. The number of aryl methyl sites for hydroxylation is 1. The van der Waals surface area contributed by atoms with Crippen LogP contribution >= 0.6 is 0 Å². The molecular formula is C12H19N3O3S. The van der Waals surface area contributed by atoms with Crippen LogP contribution in [0.4, 0.5) is 5.69 Å². The van der Waals surface area contributed by atoms with Gasteiger partial charge in [-0.25, -0.2) is 13.1 Å². The Morgan fingerprint density at radius 2 is 2.21 bits per heavy atom. The highest BCUT2D eigenvalue weighted by atomic mass is 32.2. The van der Waals surface area contributed by atoms with Gasteiger partial charge in [0.1, 0.15) is 0 Å². The van der Waals surface area contributed by atoms with Gasteiger partial charge in [-0.15, -0.1) is 0 Å². The molecule has 0 aromatic carbocycles. The van der Waals surface area contributed by atoms with Crippen LogP contribution in [0.3, 0.4) is 0 Å². The summed E-state index contributed by atoms with van der Waals surface area (Å²) in [7, 11) is -3.07. The zero-order valence-electron chi connectivity index (χ0n) is 11.0. The average Bonchev–Trinajstić information content (AvgIpc) is 3.19. The van der Waals surface area contributed by atoms with Crippen molar-refractivity contribution in [3.8, 4) is 0 Å². The van der Waals surface area contributed by atoms with Crippen molar-refractivity contribution < 1.29 is 8.42 Å². The lowest BCUT2D eigenvalue weighted by Crippen LogP contribution is -2.26. The highest BCUT2D eigenvalue weighted by molar-refractivity contribution is 7.91. The summed E-state index contributed by atoms with van der Waals surface area (Å²) in [6, 6.07) is 1.47. The number of hydrogen-bond donors (Lipinski definition) is 1. The Labute approximate surface area is 112 Å². The van der Waals surface area contributed by atoms with Gasteiger partial charge in [0.25, 0.3) is 5.56 Å². The predicted octanol–water partition coefficient (Wildman–Crippen LogP) is 0.500. The third kappa shape index (κ3) is 4.34. The number of nitrogens with one attached hydrogen (secondary N) is 1. The number of nitrogens with zero attached hydrogens (tertiary/aromatic N) is 2. The molecule has 1 N–H and O–H groups in total. The minimum Gasteiger partial charge on any atom is -0.383 e. The van der Waals surface area contributed by atoms with Crippen LogP contribution in [0.2, 0.25) is 0 Å². The van der Waals surface area contributed by atoms with Gasteiger partial charge in [0.2, 0.25) is 0 Å². The Balaban J connectivity index is 1.96. The number of aromatic nitrogens is 2. The zero-order chi connectivity index (χ0) is 13.9. The summed E-state index contributed by atoms with van der Waals surface area (Å²) in [6.45, 7) is 2.57. The van der Waals surface area contributed by atoms with Crippen molar-refractivity contribution in [2.75, 3.05) is 23.4 Å². The largest absolute Gasteiger partial charge is 0.383 e. The summed E-state index contributed by atoms with van der Waals surface area (Å²) < 4.78 is 23.9. The molecule has 0 atom stereocenters. The molecule has 0 unspecified atom stereocenters. The standard InChI is InChI=1S/C12H19N3O3S/c1-2-19(17,18)6-5-15-12(16)7-11(9-14-15)13-8-10-3-4-10/h7,9-10,13H,2-6,8H2,1H3. The summed E-state index contributed by atoms with van der Waals surface area (Å²) >= 11 is 0. The van der Waals surface area contributed by atoms with Crippen molar-refractivity contribution in [2.24, 2.45) is 5.92 Å². The van der Waals surface area contributed by atoms with Crippen molar-refractivity contribution in [2.45, 2.75) is 26.3 Å². The van der Waals surface area contributed by atoms with E-state index < -0.39 is 9.84 Å². The molecule has 7 heteroatoms. The Morgan fingerprint density at radius 1 is 1.47 bits per heavy atom. The third-order valence-corrected chi connectivity index (χ3v) is 4.90. The second-order valence-corrected chi connectivity index (χ2v) is 7.34. The van der Waals surface area contributed by atoms with Crippen LogP contribution in [-0.2, 0) is 16.4 Å². The van der Waals surface area contributed by atoms with Crippen LogP contribution in [0.5, 0.6) is 0 Å². The molecule has 6 nitrogen and oxygen atoms in total. The van der Waals surface area contributed by atoms with Gasteiger partial charge in [0.15, 0.2) is 9.84 Å². The van der Waals surface area contributed by atoms with Crippen molar-refractivity contribution in [3.63, 3.8) is 0 Å². The van der Waals surface area contributed by atoms with Gasteiger partial charge in [-0.3, -0.25) is 4.79 Å². The molecule has 0 radical (unpaired) electrons. The fraction of sp³-hybridized carbons (Fsp3) is 0.667. The van der Waals surface area contributed by atoms with Crippen LogP contribution in [0.25, 0.3) is 0 Å². The topological polar surface area (TPSA) is 81.1 Å². The Morgan fingerprint density at radius 3 is 2.79 bits per heavy atom. The smallest absolute Gasteiger partial charge is 0.268 e. The Kier molecular flexibility index (Phi) is 4.24. The minimum atomic E-state index is -3.07. The van der Waals surface area contributed by atoms with Crippen molar-refractivity contribution in [1.82, 2.24) is 9.78 Å². The Bertz CT molecular complexity index is 590. The quantitative estimate of drug-likeness (QED) is 0.789. The van der Waals surface area contributed by atoms with Gasteiger partial charge < -0.3 is 5.32 Å². The fourth-order valence-corrected chi connectivity index (χ4v) is 2.39. The molecule has 0 saturated heterocycles. The van der Waals surface area contributed by atoms with Crippen LogP contribution in [0, 0.1) is 5.92 Å². The van der Waals surface area contributed by atoms with Crippen LogP contribution in [0.1, 0.15) is 19.8 Å². The molecule has 0 bridgehead atoms. The lowest BCUT2D eigenvalue weighted by atomic mass is 10.4. The molecule has 2 rings (SSSR count). The first-order chi connectivity index (χ1) is 9.00. The van der Waals surface area contributed by atoms with Gasteiger partial charge in [-0.05, 0) is 18.8 Å². The van der Waals surface area contributed by atoms with Gasteiger partial charge in [0.05, 0.1) is 24.2 Å². The SMILES string of the molecule is CCS(=O)(=O)CCn1ncc(NCC2CC2)cc1=O. The highest BCUT2D eigenvalue weighted by Gasteiger charge is 2.20. The van der Waals surface area contributed by atoms with Gasteiger partial charge in [0, 0.05) is 18.4 Å². The monoisotopic (exact) mass is 285 g/mol. The van der Waals surface area contributed by atoms with E-state index in [0.717, 1.165) is 12.5 Å². The minimum absolute atomic E-state index is 0.0503. The van der Waals surface area contributed by atoms with Gasteiger partial charge in [-0.1, -0.05) is 6.92 Å². The highest BCUT2D eigenvalue weighted by Crippen LogP contribution is 2.28. The molecule has 0 spiro atoms. The van der Waals surface area contributed by atoms with E-state index in [1.807, 2.05) is 0 Å². The summed E-state index contributed by atoms with van der Waals surface area (Å²) in [5, 5.41) is 7.16. The summed E-state index contributed by atoms with van der Waals surface area (Å²) in [5.41, 5.74) is 0.429. The van der Waals surface area contributed by atoms with E-state index in [1.54, 1.807) is 13.1 Å². The molecule has 1 aromatic heterocycles. The van der Waals surface area contributed by atoms with Gasteiger partial charge in [-0.2, -0.15) is 5.10 Å². The zero-order valence-corrected chi connectivity index (χ0v) is 11.8. The van der Waals surface area contributed by atoms with E-state index in [0.29, 0.717) is 5.69 Å². The molecule has 1 saturated carbocycles. The van der Waals surface area contributed by atoms with E-state index in [-0.39, 0.29) is 23.6 Å². The van der Waals surface area contributed by atoms with Crippen molar-refractivity contribution in [3.05, 3.63) is 22.6 Å². The molecule has 1 aromatic rings. The van der Waals surface area contributed by atoms with Crippen molar-refractivity contribution >= 4 is 15.5 Å². The average molecular weight is 285 g/mol. The summed E-state index contributed by atoms with van der Waals surface area (Å²) in [4.78, 5) is 11.8. The number of hydrogen-bond acceptors (Lipinski definition) is 5. The van der Waals surface area contributed by atoms with Crippen LogP contribution < -0.4 is 10.9 Å². The first kappa shape index (κ1) is 14.0. The number of rotatable bonds is 7. The Hall–Kier alpha value is -1.37. The molecule has 19 heavy (non-hydrogen) atoms. The lowest BCUT2D eigenvalue weighted by molar-refractivity contribution is 0.572. The van der Waals surface area contributed by atoms with E-state index in [9.17, 15) is 13.2 Å². The van der Waals surface area contributed by atoms with E-state index in [1.165, 1.54) is 23.6 Å². The molecule has 1 fully saturated rings. The van der Waals surface area contributed by atoms with Crippen LogP contribution in [-0.4, -0.2) is 36.2 Å². The lowest BCUT2D eigenvalue weighted by Gasteiger charge is -2.07. The first-order valence-electron chi connectivity index (χ1n) is 6.51. The maximum atomic E-state index is 11.8. The number of anilines is 1. The molecule has 0 amide bonds.